The SMILES string of the molecule is Cc1[nH]n2c(=O)cc(-c3ccc([N+](=O)[O-])cc3)nc2c1-c1ccc(Oc2ccccc2)cc1. The third-order valence-electron chi connectivity index (χ3n) is 5.29. The standard InChI is InChI=1S/C25H18N4O4/c1-16-24(18-9-13-21(14-10-18)33-20-5-3-2-4-6-20)25-26-22(15-23(30)28(25)27-16)17-7-11-19(12-8-17)29(31)32/h2-15,27H,1H3. The van der Waals surface area contributed by atoms with Crippen LogP contribution in [0.15, 0.2) is 89.7 Å². The number of aromatic nitrogens is 3. The fraction of sp³-hybridized carbons (Fsp3) is 0.0400. The van der Waals surface area contributed by atoms with Gasteiger partial charge >= 0.3 is 0 Å². The number of H-pyrrole nitrogens is 1. The molecule has 0 atom stereocenters. The van der Waals surface area contributed by atoms with E-state index in [4.69, 9.17) is 9.72 Å². The molecular weight excluding hydrogens is 420 g/mol. The lowest BCUT2D eigenvalue weighted by Gasteiger charge is -2.07. The second-order valence-corrected chi connectivity index (χ2v) is 7.49. The third-order valence-corrected chi connectivity index (χ3v) is 5.29. The van der Waals surface area contributed by atoms with Crippen LogP contribution >= 0.6 is 0 Å². The molecule has 0 aliphatic carbocycles. The van der Waals surface area contributed by atoms with Crippen LogP contribution in [0.2, 0.25) is 0 Å². The van der Waals surface area contributed by atoms with E-state index in [2.05, 4.69) is 5.10 Å². The predicted octanol–water partition coefficient (Wildman–Crippen LogP) is 5.37. The maximum atomic E-state index is 12.8. The zero-order chi connectivity index (χ0) is 22.9. The first-order valence-electron chi connectivity index (χ1n) is 10.2. The van der Waals surface area contributed by atoms with Gasteiger partial charge < -0.3 is 4.74 Å². The number of hydrogen-bond acceptors (Lipinski definition) is 5. The van der Waals surface area contributed by atoms with Gasteiger partial charge in [-0.05, 0) is 48.9 Å². The Morgan fingerprint density at radius 2 is 1.55 bits per heavy atom. The smallest absolute Gasteiger partial charge is 0.273 e. The first kappa shape index (κ1) is 20.2. The van der Waals surface area contributed by atoms with Gasteiger partial charge in [0.15, 0.2) is 5.65 Å². The van der Waals surface area contributed by atoms with Crippen LogP contribution in [0.1, 0.15) is 5.69 Å². The summed E-state index contributed by atoms with van der Waals surface area (Å²) >= 11 is 0. The highest BCUT2D eigenvalue weighted by Gasteiger charge is 2.16. The second-order valence-electron chi connectivity index (χ2n) is 7.49. The lowest BCUT2D eigenvalue weighted by atomic mass is 10.1. The molecule has 5 aromatic rings. The molecule has 8 heteroatoms. The average Bonchev–Trinajstić information content (AvgIpc) is 3.17. The monoisotopic (exact) mass is 438 g/mol. The fourth-order valence-corrected chi connectivity index (χ4v) is 3.71. The summed E-state index contributed by atoms with van der Waals surface area (Å²) < 4.78 is 7.26. The Morgan fingerprint density at radius 3 is 2.21 bits per heavy atom. The van der Waals surface area contributed by atoms with E-state index in [0.717, 1.165) is 22.6 Å². The Balaban J connectivity index is 1.55. The fourth-order valence-electron chi connectivity index (χ4n) is 3.71. The molecular formula is C25H18N4O4. The topological polar surface area (TPSA) is 103 Å². The number of hydrogen-bond donors (Lipinski definition) is 1. The quantitative estimate of drug-likeness (QED) is 0.294. The van der Waals surface area contributed by atoms with Gasteiger partial charge in [0.2, 0.25) is 0 Å². The van der Waals surface area contributed by atoms with Crippen LogP contribution < -0.4 is 10.3 Å². The van der Waals surface area contributed by atoms with Crippen molar-refractivity contribution in [3.63, 3.8) is 0 Å². The van der Waals surface area contributed by atoms with Crippen molar-refractivity contribution < 1.29 is 9.66 Å². The molecule has 0 aliphatic heterocycles. The van der Waals surface area contributed by atoms with E-state index < -0.39 is 4.92 Å². The molecule has 0 spiro atoms. The number of aromatic amines is 1. The van der Waals surface area contributed by atoms with Crippen LogP contribution in [-0.2, 0) is 0 Å². The second kappa shape index (κ2) is 8.08. The molecule has 0 bridgehead atoms. The highest BCUT2D eigenvalue weighted by molar-refractivity contribution is 5.81. The number of nitro groups is 1. The lowest BCUT2D eigenvalue weighted by molar-refractivity contribution is -0.384. The maximum absolute atomic E-state index is 12.8. The lowest BCUT2D eigenvalue weighted by Crippen LogP contribution is -2.14. The predicted molar refractivity (Wildman–Crippen MR) is 125 cm³/mol. The number of ether oxygens (including phenoxy) is 1. The molecule has 0 unspecified atom stereocenters. The maximum Gasteiger partial charge on any atom is 0.273 e. The number of rotatable bonds is 5. The summed E-state index contributed by atoms with van der Waals surface area (Å²) in [4.78, 5) is 27.9. The van der Waals surface area contributed by atoms with Crippen molar-refractivity contribution >= 4 is 11.3 Å². The molecule has 0 amide bonds. The van der Waals surface area contributed by atoms with Crippen molar-refractivity contribution in [3.8, 4) is 33.9 Å². The highest BCUT2D eigenvalue weighted by Crippen LogP contribution is 2.31. The van der Waals surface area contributed by atoms with Crippen LogP contribution in [0.4, 0.5) is 5.69 Å². The van der Waals surface area contributed by atoms with Gasteiger partial charge in [-0.1, -0.05) is 30.3 Å². The number of para-hydroxylation sites is 1. The summed E-state index contributed by atoms with van der Waals surface area (Å²) in [5, 5.41) is 14.0. The third kappa shape index (κ3) is 3.85. The first-order valence-corrected chi connectivity index (χ1v) is 10.2. The molecule has 2 aromatic heterocycles. The van der Waals surface area contributed by atoms with Crippen molar-refractivity contribution in [2.45, 2.75) is 6.92 Å². The van der Waals surface area contributed by atoms with Crippen molar-refractivity contribution in [1.82, 2.24) is 14.6 Å². The van der Waals surface area contributed by atoms with Gasteiger partial charge in [0.1, 0.15) is 11.5 Å². The molecule has 8 nitrogen and oxygen atoms in total. The molecule has 0 fully saturated rings. The molecule has 1 N–H and O–H groups in total. The summed E-state index contributed by atoms with van der Waals surface area (Å²) in [5.74, 6) is 1.44. The van der Waals surface area contributed by atoms with Gasteiger partial charge in [-0.2, -0.15) is 0 Å². The molecule has 33 heavy (non-hydrogen) atoms. The van der Waals surface area contributed by atoms with Crippen LogP contribution in [-0.4, -0.2) is 19.5 Å². The number of fused-ring (bicyclic) bond motifs is 1. The largest absolute Gasteiger partial charge is 0.457 e. The van der Waals surface area contributed by atoms with Gasteiger partial charge in [0.25, 0.3) is 11.2 Å². The van der Waals surface area contributed by atoms with Crippen molar-refractivity contribution in [2.75, 3.05) is 0 Å². The number of nitrogens with one attached hydrogen (secondary N) is 1. The number of non-ortho nitro benzene ring substituents is 1. The van der Waals surface area contributed by atoms with Crippen LogP contribution in [0.5, 0.6) is 11.5 Å². The minimum atomic E-state index is -0.464. The van der Waals surface area contributed by atoms with E-state index in [1.165, 1.54) is 22.7 Å². The summed E-state index contributed by atoms with van der Waals surface area (Å²) in [6.07, 6.45) is 0. The Bertz CT molecular complexity index is 1520. The molecule has 0 saturated heterocycles. The molecule has 162 valence electrons. The van der Waals surface area contributed by atoms with Crippen molar-refractivity contribution in [3.05, 3.63) is 111 Å². The van der Waals surface area contributed by atoms with E-state index >= 15 is 0 Å². The van der Waals surface area contributed by atoms with Gasteiger partial charge in [-0.3, -0.25) is 20.0 Å². The Hall–Kier alpha value is -4.72. The molecule has 0 saturated carbocycles. The zero-order valence-corrected chi connectivity index (χ0v) is 17.6. The van der Waals surface area contributed by atoms with Crippen LogP contribution in [0, 0.1) is 17.0 Å². The molecule has 0 aliphatic rings. The number of nitro benzene ring substituents is 1. The summed E-state index contributed by atoms with van der Waals surface area (Å²) in [6, 6.07) is 24.4. The summed E-state index contributed by atoms with van der Waals surface area (Å²) in [5.41, 5.74) is 3.71. The summed E-state index contributed by atoms with van der Waals surface area (Å²) in [6.45, 7) is 1.88. The highest BCUT2D eigenvalue weighted by atomic mass is 16.6. The molecule has 5 rings (SSSR count). The van der Waals surface area contributed by atoms with Gasteiger partial charge in [0.05, 0.1) is 10.6 Å². The van der Waals surface area contributed by atoms with E-state index in [-0.39, 0.29) is 11.2 Å². The number of benzene rings is 3. The van der Waals surface area contributed by atoms with Crippen LogP contribution in [0.3, 0.4) is 0 Å². The van der Waals surface area contributed by atoms with Crippen molar-refractivity contribution in [1.29, 1.82) is 0 Å². The van der Waals surface area contributed by atoms with E-state index in [9.17, 15) is 14.9 Å². The van der Waals surface area contributed by atoms with Gasteiger partial charge in [0, 0.05) is 35.0 Å². The normalized spacial score (nSPS) is 10.9. The van der Waals surface area contributed by atoms with E-state index in [1.807, 2.05) is 61.5 Å². The van der Waals surface area contributed by atoms with Gasteiger partial charge in [-0.15, -0.1) is 0 Å². The van der Waals surface area contributed by atoms with Crippen molar-refractivity contribution in [2.24, 2.45) is 0 Å². The molecule has 2 heterocycles. The Kier molecular flexibility index (Phi) is 4.95. The Morgan fingerprint density at radius 1 is 0.909 bits per heavy atom. The molecule has 3 aromatic carbocycles. The Labute approximate surface area is 187 Å². The summed E-state index contributed by atoms with van der Waals surface area (Å²) in [7, 11) is 0. The molecule has 0 radical (unpaired) electrons. The van der Waals surface area contributed by atoms with E-state index in [1.54, 1.807) is 12.1 Å². The minimum Gasteiger partial charge on any atom is -0.457 e. The zero-order valence-electron chi connectivity index (χ0n) is 17.6. The van der Waals surface area contributed by atoms with Gasteiger partial charge in [-0.25, -0.2) is 9.50 Å². The number of nitrogens with zero attached hydrogens (tertiary/aromatic N) is 3. The van der Waals surface area contributed by atoms with E-state index in [0.29, 0.717) is 22.7 Å². The minimum absolute atomic E-state index is 0.0208. The first-order chi connectivity index (χ1) is 16.0. The number of aryl methyl sites for hydroxylation is 1. The average molecular weight is 438 g/mol. The van der Waals surface area contributed by atoms with Crippen LogP contribution in [0.25, 0.3) is 28.0 Å².